The number of fused-ring (bicyclic) bond motifs is 2. The number of carbonyl (C=O) groups excluding carboxylic acids is 1. The fraction of sp³-hybridized carbons (Fsp3) is 0.133. The highest BCUT2D eigenvalue weighted by Gasteiger charge is 2.27. The SMILES string of the molecule is CNC(=O)NC1c2ccccc2Oc2ccccc21. The summed E-state index contributed by atoms with van der Waals surface area (Å²) in [5.74, 6) is 1.56. The Hall–Kier alpha value is -2.49. The van der Waals surface area contributed by atoms with Gasteiger partial charge in [0, 0.05) is 18.2 Å². The number of urea groups is 1. The third kappa shape index (κ3) is 2.01. The highest BCUT2D eigenvalue weighted by atomic mass is 16.5. The van der Waals surface area contributed by atoms with Crippen LogP contribution < -0.4 is 15.4 Å². The molecule has 2 aromatic rings. The average Bonchev–Trinajstić information content (AvgIpc) is 2.46. The van der Waals surface area contributed by atoms with Crippen molar-refractivity contribution in [2.75, 3.05) is 7.05 Å². The Morgan fingerprint density at radius 3 is 2.05 bits per heavy atom. The lowest BCUT2D eigenvalue weighted by Gasteiger charge is -2.28. The van der Waals surface area contributed by atoms with Gasteiger partial charge in [0.05, 0.1) is 6.04 Å². The Bertz CT molecular complexity index is 580. The van der Waals surface area contributed by atoms with Crippen LogP contribution in [-0.4, -0.2) is 13.1 Å². The van der Waals surface area contributed by atoms with Gasteiger partial charge in [-0.1, -0.05) is 36.4 Å². The molecule has 19 heavy (non-hydrogen) atoms. The van der Waals surface area contributed by atoms with Crippen LogP contribution in [0.1, 0.15) is 17.2 Å². The van der Waals surface area contributed by atoms with E-state index in [2.05, 4.69) is 10.6 Å². The molecule has 1 heterocycles. The fourth-order valence-electron chi connectivity index (χ4n) is 2.27. The van der Waals surface area contributed by atoms with E-state index in [9.17, 15) is 4.79 Å². The second-order valence-corrected chi connectivity index (χ2v) is 4.33. The minimum atomic E-state index is -0.212. The number of carbonyl (C=O) groups is 1. The second-order valence-electron chi connectivity index (χ2n) is 4.33. The van der Waals surface area contributed by atoms with Crippen LogP contribution in [0.2, 0.25) is 0 Å². The summed E-state index contributed by atoms with van der Waals surface area (Å²) in [4.78, 5) is 11.6. The largest absolute Gasteiger partial charge is 0.457 e. The van der Waals surface area contributed by atoms with E-state index in [0.717, 1.165) is 22.6 Å². The van der Waals surface area contributed by atoms with Gasteiger partial charge in [0.1, 0.15) is 11.5 Å². The predicted molar refractivity (Wildman–Crippen MR) is 72.4 cm³/mol. The molecular weight excluding hydrogens is 240 g/mol. The third-order valence-corrected chi connectivity index (χ3v) is 3.18. The third-order valence-electron chi connectivity index (χ3n) is 3.18. The van der Waals surface area contributed by atoms with Crippen molar-refractivity contribution in [3.8, 4) is 11.5 Å². The van der Waals surface area contributed by atoms with E-state index in [1.165, 1.54) is 0 Å². The van der Waals surface area contributed by atoms with Gasteiger partial charge >= 0.3 is 6.03 Å². The smallest absolute Gasteiger partial charge is 0.315 e. The standard InChI is InChI=1S/C15H14N2O2/c1-16-15(18)17-14-10-6-2-4-8-12(10)19-13-9-5-3-7-11(13)14/h2-9,14H,1H3,(H2,16,17,18). The maximum Gasteiger partial charge on any atom is 0.315 e. The van der Waals surface area contributed by atoms with Crippen molar-refractivity contribution < 1.29 is 9.53 Å². The number of hydrogen-bond donors (Lipinski definition) is 2. The monoisotopic (exact) mass is 254 g/mol. The maximum atomic E-state index is 11.6. The van der Waals surface area contributed by atoms with Gasteiger partial charge in [0.25, 0.3) is 0 Å². The van der Waals surface area contributed by atoms with E-state index >= 15 is 0 Å². The molecule has 0 saturated heterocycles. The molecule has 96 valence electrons. The molecule has 4 heteroatoms. The van der Waals surface area contributed by atoms with Gasteiger partial charge in [-0.3, -0.25) is 0 Å². The Morgan fingerprint density at radius 2 is 1.53 bits per heavy atom. The maximum absolute atomic E-state index is 11.6. The van der Waals surface area contributed by atoms with Crippen molar-refractivity contribution >= 4 is 6.03 Å². The van der Waals surface area contributed by atoms with E-state index in [0.29, 0.717) is 0 Å². The lowest BCUT2D eigenvalue weighted by molar-refractivity contribution is 0.240. The van der Waals surface area contributed by atoms with E-state index < -0.39 is 0 Å². The highest BCUT2D eigenvalue weighted by molar-refractivity contribution is 5.75. The van der Waals surface area contributed by atoms with Gasteiger partial charge in [-0.2, -0.15) is 0 Å². The minimum Gasteiger partial charge on any atom is -0.457 e. The summed E-state index contributed by atoms with van der Waals surface area (Å²) < 4.78 is 5.85. The van der Waals surface area contributed by atoms with Crippen molar-refractivity contribution in [1.29, 1.82) is 0 Å². The zero-order chi connectivity index (χ0) is 13.2. The summed E-state index contributed by atoms with van der Waals surface area (Å²) in [7, 11) is 1.60. The first-order chi connectivity index (χ1) is 9.29. The first kappa shape index (κ1) is 11.6. The molecule has 2 N–H and O–H groups in total. The summed E-state index contributed by atoms with van der Waals surface area (Å²) in [5.41, 5.74) is 1.93. The van der Waals surface area contributed by atoms with Crippen LogP contribution in [0, 0.1) is 0 Å². The molecule has 0 spiro atoms. The van der Waals surface area contributed by atoms with Gasteiger partial charge in [-0.25, -0.2) is 4.79 Å². The fourth-order valence-corrected chi connectivity index (χ4v) is 2.27. The first-order valence-electron chi connectivity index (χ1n) is 6.13. The number of hydrogen-bond acceptors (Lipinski definition) is 2. The summed E-state index contributed by atoms with van der Waals surface area (Å²) in [6.45, 7) is 0. The topological polar surface area (TPSA) is 50.4 Å². The molecule has 0 radical (unpaired) electrons. The average molecular weight is 254 g/mol. The first-order valence-corrected chi connectivity index (χ1v) is 6.13. The van der Waals surface area contributed by atoms with Crippen molar-refractivity contribution in [3.63, 3.8) is 0 Å². The van der Waals surface area contributed by atoms with Crippen LogP contribution in [0.3, 0.4) is 0 Å². The highest BCUT2D eigenvalue weighted by Crippen LogP contribution is 2.42. The summed E-state index contributed by atoms with van der Waals surface area (Å²) in [5, 5.41) is 5.53. The normalized spacial score (nSPS) is 12.9. The quantitative estimate of drug-likeness (QED) is 0.822. The Labute approximate surface area is 111 Å². The molecule has 0 saturated carbocycles. The van der Waals surface area contributed by atoms with Crippen molar-refractivity contribution in [2.45, 2.75) is 6.04 Å². The molecule has 0 fully saturated rings. The van der Waals surface area contributed by atoms with E-state index in [4.69, 9.17) is 4.74 Å². The van der Waals surface area contributed by atoms with Gasteiger partial charge in [-0.15, -0.1) is 0 Å². The Kier molecular flexibility index (Phi) is 2.83. The van der Waals surface area contributed by atoms with E-state index in [1.54, 1.807) is 7.05 Å². The Morgan fingerprint density at radius 1 is 1.00 bits per heavy atom. The van der Waals surface area contributed by atoms with Crippen LogP contribution in [0.5, 0.6) is 11.5 Å². The molecule has 2 amide bonds. The van der Waals surface area contributed by atoms with Crippen LogP contribution >= 0.6 is 0 Å². The predicted octanol–water partition coefficient (Wildman–Crippen LogP) is 2.81. The van der Waals surface area contributed by atoms with Gasteiger partial charge in [0.2, 0.25) is 0 Å². The summed E-state index contributed by atoms with van der Waals surface area (Å²) >= 11 is 0. The Balaban J connectivity index is 2.08. The molecule has 1 aliphatic heterocycles. The number of para-hydroxylation sites is 2. The second kappa shape index (κ2) is 4.65. The number of nitrogens with one attached hydrogen (secondary N) is 2. The molecule has 0 aromatic heterocycles. The molecular formula is C15H14N2O2. The lowest BCUT2D eigenvalue weighted by atomic mass is 9.95. The molecule has 3 rings (SSSR count). The van der Waals surface area contributed by atoms with Gasteiger partial charge in [0.15, 0.2) is 0 Å². The zero-order valence-corrected chi connectivity index (χ0v) is 10.5. The summed E-state index contributed by atoms with van der Waals surface area (Å²) in [6, 6.07) is 15.1. The van der Waals surface area contributed by atoms with Crippen LogP contribution in [0.25, 0.3) is 0 Å². The summed E-state index contributed by atoms with van der Waals surface area (Å²) in [6.07, 6.45) is 0. The van der Waals surface area contributed by atoms with Crippen LogP contribution in [0.4, 0.5) is 4.79 Å². The van der Waals surface area contributed by atoms with E-state index in [-0.39, 0.29) is 12.1 Å². The minimum absolute atomic E-state index is 0.193. The molecule has 1 aliphatic rings. The van der Waals surface area contributed by atoms with Crippen molar-refractivity contribution in [1.82, 2.24) is 10.6 Å². The molecule has 2 aromatic carbocycles. The number of benzene rings is 2. The number of ether oxygens (including phenoxy) is 1. The van der Waals surface area contributed by atoms with Crippen LogP contribution in [-0.2, 0) is 0 Å². The molecule has 0 unspecified atom stereocenters. The molecule has 4 nitrogen and oxygen atoms in total. The van der Waals surface area contributed by atoms with Crippen molar-refractivity contribution in [2.24, 2.45) is 0 Å². The number of rotatable bonds is 1. The van der Waals surface area contributed by atoms with Crippen LogP contribution in [0.15, 0.2) is 48.5 Å². The van der Waals surface area contributed by atoms with Gasteiger partial charge in [-0.05, 0) is 12.1 Å². The molecule has 0 atom stereocenters. The van der Waals surface area contributed by atoms with Crippen molar-refractivity contribution in [3.05, 3.63) is 59.7 Å². The molecule has 0 aliphatic carbocycles. The number of amides is 2. The van der Waals surface area contributed by atoms with E-state index in [1.807, 2.05) is 48.5 Å². The lowest BCUT2D eigenvalue weighted by Crippen LogP contribution is -2.37. The zero-order valence-electron chi connectivity index (χ0n) is 10.5. The van der Waals surface area contributed by atoms with Gasteiger partial charge < -0.3 is 15.4 Å². The molecule has 0 bridgehead atoms.